The topological polar surface area (TPSA) is 114 Å². The Morgan fingerprint density at radius 2 is 1.79 bits per heavy atom. The van der Waals surface area contributed by atoms with Crippen molar-refractivity contribution >= 4 is 28.4 Å². The minimum atomic E-state index is -1.14. The van der Waals surface area contributed by atoms with Crippen LogP contribution in [-0.2, 0) is 16.9 Å². The summed E-state index contributed by atoms with van der Waals surface area (Å²) in [5.74, 6) is 0.829. The van der Waals surface area contributed by atoms with Crippen molar-refractivity contribution in [1.82, 2.24) is 29.2 Å². The van der Waals surface area contributed by atoms with Gasteiger partial charge in [-0.05, 0) is 57.3 Å². The van der Waals surface area contributed by atoms with Gasteiger partial charge >= 0.3 is 0 Å². The van der Waals surface area contributed by atoms with Crippen molar-refractivity contribution in [3.05, 3.63) is 64.7 Å². The fraction of sp³-hybridized carbons (Fsp3) is 0.407. The van der Waals surface area contributed by atoms with Crippen LogP contribution in [0.4, 0.5) is 17.3 Å². The molecule has 3 aromatic heterocycles. The van der Waals surface area contributed by atoms with Gasteiger partial charge in [0, 0.05) is 50.9 Å². The Morgan fingerprint density at radius 1 is 1.05 bits per heavy atom. The lowest BCUT2D eigenvalue weighted by Gasteiger charge is -2.34. The number of piperazine rings is 1. The molecule has 4 heterocycles. The summed E-state index contributed by atoms with van der Waals surface area (Å²) in [6.07, 6.45) is 1.53. The average molecular weight is 519 g/mol. The van der Waals surface area contributed by atoms with Gasteiger partial charge in [0.25, 0.3) is 5.56 Å². The third-order valence-corrected chi connectivity index (χ3v) is 6.75. The summed E-state index contributed by atoms with van der Waals surface area (Å²) in [7, 11) is 3.73. The normalized spacial score (nSPS) is 14.8. The zero-order valence-corrected chi connectivity index (χ0v) is 22.3. The van der Waals surface area contributed by atoms with E-state index in [1.807, 2.05) is 12.1 Å². The van der Waals surface area contributed by atoms with Crippen molar-refractivity contribution in [2.75, 3.05) is 57.2 Å². The van der Waals surface area contributed by atoms with Crippen LogP contribution < -0.4 is 15.8 Å². The average Bonchev–Trinajstić information content (AvgIpc) is 3.18. The summed E-state index contributed by atoms with van der Waals surface area (Å²) >= 11 is 0. The monoisotopic (exact) mass is 518 g/mol. The first-order valence-electron chi connectivity index (χ1n) is 12.7. The summed E-state index contributed by atoms with van der Waals surface area (Å²) in [6.45, 7) is 8.08. The Kier molecular flexibility index (Phi) is 7.15. The minimum Gasteiger partial charge on any atom is -0.384 e. The molecule has 4 aromatic rings. The number of benzene rings is 1. The van der Waals surface area contributed by atoms with Crippen LogP contribution in [-0.4, -0.2) is 81.3 Å². The molecule has 38 heavy (non-hydrogen) atoms. The van der Waals surface area contributed by atoms with Gasteiger partial charge in [-0.25, -0.2) is 19.3 Å². The molecule has 1 aliphatic heterocycles. The van der Waals surface area contributed by atoms with E-state index in [2.05, 4.69) is 44.3 Å². The highest BCUT2D eigenvalue weighted by Gasteiger charge is 2.22. The SMILES string of the molecule is COCCn1c(=O)c2cnc(Nc3ccc(N4CCN(C)CC4)cc3)nc2n1-c1cccc(C(C)(C)O)n1. The third-order valence-electron chi connectivity index (χ3n) is 6.75. The van der Waals surface area contributed by atoms with Crippen molar-refractivity contribution in [3.8, 4) is 5.82 Å². The molecule has 0 spiro atoms. The van der Waals surface area contributed by atoms with Crippen LogP contribution in [0, 0.1) is 0 Å². The van der Waals surface area contributed by atoms with Crippen LogP contribution in [0.25, 0.3) is 16.9 Å². The molecule has 200 valence electrons. The molecule has 0 atom stereocenters. The standard InChI is InChI=1S/C27H34N8O3/c1-27(2,37)22-6-5-7-23(30-22)35-24-21(25(36)34(35)16-17-38-4)18-28-26(31-24)29-19-8-10-20(11-9-19)33-14-12-32(3)13-15-33/h5-11,18,37H,12-17H2,1-4H3,(H,28,29,31). The summed E-state index contributed by atoms with van der Waals surface area (Å²) in [5, 5.41) is 14.1. The molecule has 0 amide bonds. The van der Waals surface area contributed by atoms with Crippen LogP contribution >= 0.6 is 0 Å². The first-order valence-corrected chi connectivity index (χ1v) is 12.7. The number of pyridine rings is 1. The maximum Gasteiger partial charge on any atom is 0.278 e. The number of hydrogen-bond donors (Lipinski definition) is 2. The van der Waals surface area contributed by atoms with Gasteiger partial charge in [-0.2, -0.15) is 4.98 Å². The molecule has 1 saturated heterocycles. The predicted molar refractivity (Wildman–Crippen MR) is 147 cm³/mol. The molecule has 1 aromatic carbocycles. The summed E-state index contributed by atoms with van der Waals surface area (Å²) in [4.78, 5) is 31.8. The summed E-state index contributed by atoms with van der Waals surface area (Å²) in [6, 6.07) is 13.5. The molecule has 1 fully saturated rings. The molecular formula is C27H34N8O3. The Labute approximate surface area is 221 Å². The smallest absolute Gasteiger partial charge is 0.278 e. The first-order chi connectivity index (χ1) is 18.2. The molecule has 0 unspecified atom stereocenters. The summed E-state index contributed by atoms with van der Waals surface area (Å²) in [5.41, 5.74) is 1.54. The lowest BCUT2D eigenvalue weighted by atomic mass is 10.1. The zero-order valence-electron chi connectivity index (χ0n) is 22.3. The Morgan fingerprint density at radius 3 is 2.47 bits per heavy atom. The molecule has 1 aliphatic rings. The van der Waals surface area contributed by atoms with Crippen molar-refractivity contribution in [3.63, 3.8) is 0 Å². The fourth-order valence-corrected chi connectivity index (χ4v) is 4.53. The van der Waals surface area contributed by atoms with E-state index in [-0.39, 0.29) is 5.56 Å². The molecule has 0 bridgehead atoms. The van der Waals surface area contributed by atoms with E-state index in [0.717, 1.165) is 31.9 Å². The van der Waals surface area contributed by atoms with Crippen molar-refractivity contribution in [2.45, 2.75) is 26.0 Å². The minimum absolute atomic E-state index is 0.240. The molecular weight excluding hydrogens is 484 g/mol. The van der Waals surface area contributed by atoms with E-state index >= 15 is 0 Å². The third kappa shape index (κ3) is 5.26. The highest BCUT2D eigenvalue weighted by atomic mass is 16.5. The van der Waals surface area contributed by atoms with Crippen LogP contribution in [0.2, 0.25) is 0 Å². The first kappa shape index (κ1) is 25.8. The van der Waals surface area contributed by atoms with Crippen molar-refractivity contribution in [2.24, 2.45) is 0 Å². The van der Waals surface area contributed by atoms with Crippen LogP contribution in [0.3, 0.4) is 0 Å². The van der Waals surface area contributed by atoms with Crippen molar-refractivity contribution in [1.29, 1.82) is 0 Å². The highest BCUT2D eigenvalue weighted by molar-refractivity contribution is 5.77. The van der Waals surface area contributed by atoms with Gasteiger partial charge in [0.2, 0.25) is 5.95 Å². The van der Waals surface area contributed by atoms with Crippen LogP contribution in [0.15, 0.2) is 53.5 Å². The molecule has 0 aliphatic carbocycles. The molecule has 0 saturated carbocycles. The van der Waals surface area contributed by atoms with E-state index < -0.39 is 5.60 Å². The molecule has 11 nitrogen and oxygen atoms in total. The van der Waals surface area contributed by atoms with E-state index in [9.17, 15) is 9.90 Å². The summed E-state index contributed by atoms with van der Waals surface area (Å²) < 4.78 is 8.44. The molecule has 2 N–H and O–H groups in total. The maximum absolute atomic E-state index is 13.3. The van der Waals surface area contributed by atoms with E-state index in [1.54, 1.807) is 43.8 Å². The predicted octanol–water partition coefficient (Wildman–Crippen LogP) is 2.35. The number of nitrogens with zero attached hydrogens (tertiary/aromatic N) is 7. The van der Waals surface area contributed by atoms with Gasteiger partial charge in [-0.1, -0.05) is 6.07 Å². The van der Waals surface area contributed by atoms with Gasteiger partial charge in [0.1, 0.15) is 11.0 Å². The fourth-order valence-electron chi connectivity index (χ4n) is 4.53. The van der Waals surface area contributed by atoms with E-state index in [1.165, 1.54) is 16.6 Å². The number of anilines is 3. The van der Waals surface area contributed by atoms with Gasteiger partial charge in [0.05, 0.1) is 18.8 Å². The Balaban J connectivity index is 1.50. The Hall–Kier alpha value is -3.80. The van der Waals surface area contributed by atoms with Crippen LogP contribution in [0.1, 0.15) is 19.5 Å². The van der Waals surface area contributed by atoms with Gasteiger partial charge < -0.3 is 25.0 Å². The van der Waals surface area contributed by atoms with Gasteiger partial charge in [0.15, 0.2) is 11.5 Å². The number of rotatable bonds is 8. The zero-order chi connectivity index (χ0) is 26.9. The van der Waals surface area contributed by atoms with Crippen LogP contribution in [0.5, 0.6) is 0 Å². The van der Waals surface area contributed by atoms with Gasteiger partial charge in [-0.15, -0.1) is 0 Å². The van der Waals surface area contributed by atoms with E-state index in [4.69, 9.17) is 9.72 Å². The quantitative estimate of drug-likeness (QED) is 0.363. The number of aliphatic hydroxyl groups is 1. The largest absolute Gasteiger partial charge is 0.384 e. The second-order valence-corrected chi connectivity index (χ2v) is 10.1. The molecule has 0 radical (unpaired) electrons. The Bertz CT molecular complexity index is 1460. The molecule has 5 rings (SSSR count). The number of likely N-dealkylation sites (N-methyl/N-ethyl adjacent to an activating group) is 1. The van der Waals surface area contributed by atoms with Crippen molar-refractivity contribution < 1.29 is 9.84 Å². The number of fused-ring (bicyclic) bond motifs is 1. The lowest BCUT2D eigenvalue weighted by Crippen LogP contribution is -2.44. The maximum atomic E-state index is 13.3. The van der Waals surface area contributed by atoms with Gasteiger partial charge in [-0.3, -0.25) is 4.79 Å². The second-order valence-electron chi connectivity index (χ2n) is 10.1. The number of ether oxygens (including phenoxy) is 1. The lowest BCUT2D eigenvalue weighted by molar-refractivity contribution is 0.0737. The number of nitrogens with one attached hydrogen (secondary N) is 1. The number of hydrogen-bond acceptors (Lipinski definition) is 9. The van der Waals surface area contributed by atoms with E-state index in [0.29, 0.717) is 41.6 Å². The number of methoxy groups -OCH3 is 1. The highest BCUT2D eigenvalue weighted by Crippen LogP contribution is 2.23. The molecule has 11 heteroatoms. The number of aromatic nitrogens is 5. The second kappa shape index (κ2) is 10.5.